The third kappa shape index (κ3) is 7.21. The molecule has 0 N–H and O–H groups in total. The molecule has 0 fully saturated rings. The fraction of sp³-hybridized carbons (Fsp3) is 0.286. The molecule has 1 aliphatic carbocycles. The van der Waals surface area contributed by atoms with Crippen LogP contribution in [0.2, 0.25) is 0 Å². The summed E-state index contributed by atoms with van der Waals surface area (Å²) in [6.45, 7) is 20.5. The monoisotopic (exact) mass is 666 g/mol. The molecule has 4 nitrogen and oxygen atoms in total. The Morgan fingerprint density at radius 1 is 0.532 bits per heavy atom. The van der Waals surface area contributed by atoms with E-state index in [1.165, 1.54) is 39.1 Å². The van der Waals surface area contributed by atoms with E-state index >= 15 is 0 Å². The number of benzene rings is 5. The van der Waals surface area contributed by atoms with Crippen LogP contribution in [0.4, 0.5) is 11.4 Å². The van der Waals surface area contributed by atoms with Crippen molar-refractivity contribution in [2.45, 2.75) is 80.1 Å². The first-order valence-corrected chi connectivity index (χ1v) is 15.9. The van der Waals surface area contributed by atoms with Crippen molar-refractivity contribution in [2.75, 3.05) is 0 Å². The van der Waals surface area contributed by atoms with E-state index in [0.717, 1.165) is 39.5 Å². The van der Waals surface area contributed by atoms with Gasteiger partial charge in [0, 0.05) is 16.5 Å². The molecule has 1 aliphatic rings. The summed E-state index contributed by atoms with van der Waals surface area (Å²) in [7, 11) is 0. The Morgan fingerprint density at radius 2 is 0.936 bits per heavy atom. The van der Waals surface area contributed by atoms with Gasteiger partial charge < -0.3 is 10.2 Å². The summed E-state index contributed by atoms with van der Waals surface area (Å²) in [6, 6.07) is 28.9. The second-order valence-corrected chi connectivity index (χ2v) is 14.5. The van der Waals surface area contributed by atoms with Crippen molar-refractivity contribution in [3.05, 3.63) is 129 Å². The van der Waals surface area contributed by atoms with Crippen molar-refractivity contribution < 1.29 is 26.7 Å². The molecule has 0 atom stereocenters. The second-order valence-electron chi connectivity index (χ2n) is 14.5. The first-order valence-electron chi connectivity index (χ1n) is 15.9. The Balaban J connectivity index is 0.000000252. The van der Waals surface area contributed by atoms with Crippen LogP contribution in [0.25, 0.3) is 10.8 Å². The molecule has 0 saturated carbocycles. The van der Waals surface area contributed by atoms with E-state index in [1.54, 1.807) is 0 Å². The fourth-order valence-electron chi connectivity index (χ4n) is 6.00. The van der Waals surface area contributed by atoms with Crippen molar-refractivity contribution in [3.8, 4) is 11.5 Å². The zero-order valence-corrected chi connectivity index (χ0v) is 30.1. The molecule has 0 unspecified atom stereocenters. The molecule has 0 radical (unpaired) electrons. The van der Waals surface area contributed by atoms with Crippen molar-refractivity contribution in [1.29, 1.82) is 0 Å². The average molecular weight is 668 g/mol. The Labute approximate surface area is 290 Å². The summed E-state index contributed by atoms with van der Waals surface area (Å²) in [5, 5.41) is 25.9. The third-order valence-electron chi connectivity index (χ3n) is 8.69. The molecule has 47 heavy (non-hydrogen) atoms. The van der Waals surface area contributed by atoms with Crippen LogP contribution in [-0.4, -0.2) is 11.4 Å². The van der Waals surface area contributed by atoms with E-state index in [0.29, 0.717) is 5.56 Å². The SMILES string of the molecule is CC(C)(C)c1cc([O-])c([O-])c(C(C)(C)C)c1.Cc1cccc(C)c1N=C1C(=Nc2c(C)cccc2C)c2cccc3cccc1c23.[Ni+2]. The molecule has 5 aromatic rings. The maximum Gasteiger partial charge on any atom is 2.00 e. The first-order chi connectivity index (χ1) is 21.6. The third-order valence-corrected chi connectivity index (χ3v) is 8.69. The Hall–Kier alpha value is -4.21. The Morgan fingerprint density at radius 3 is 1.32 bits per heavy atom. The van der Waals surface area contributed by atoms with Crippen LogP contribution in [0.15, 0.2) is 94.9 Å². The minimum absolute atomic E-state index is 0. The molecular formula is C42H44N2NiO2. The van der Waals surface area contributed by atoms with Crippen LogP contribution in [0.3, 0.4) is 0 Å². The molecule has 6 rings (SSSR count). The number of aryl methyl sites for hydroxylation is 4. The predicted octanol–water partition coefficient (Wildman–Crippen LogP) is 9.75. The summed E-state index contributed by atoms with van der Waals surface area (Å²) < 4.78 is 0. The van der Waals surface area contributed by atoms with Crippen LogP contribution in [0, 0.1) is 27.7 Å². The molecule has 0 saturated heterocycles. The number of hydrogen-bond donors (Lipinski definition) is 0. The van der Waals surface area contributed by atoms with Gasteiger partial charge in [-0.05, 0) is 71.7 Å². The largest absolute Gasteiger partial charge is 2.00 e. The van der Waals surface area contributed by atoms with Crippen LogP contribution in [0.5, 0.6) is 11.5 Å². The second kappa shape index (κ2) is 13.5. The minimum Gasteiger partial charge on any atom is -0.873 e. The predicted molar refractivity (Wildman–Crippen MR) is 191 cm³/mol. The first kappa shape index (κ1) is 35.6. The van der Waals surface area contributed by atoms with E-state index < -0.39 is 5.75 Å². The van der Waals surface area contributed by atoms with Gasteiger partial charge >= 0.3 is 16.5 Å². The van der Waals surface area contributed by atoms with Gasteiger partial charge in [-0.25, -0.2) is 9.98 Å². The molecule has 0 spiro atoms. The number of hydrogen-bond acceptors (Lipinski definition) is 4. The van der Waals surface area contributed by atoms with Gasteiger partial charge in [0.05, 0.1) is 22.8 Å². The molecule has 0 aromatic heterocycles. The molecular weight excluding hydrogens is 623 g/mol. The Kier molecular flexibility index (Phi) is 10.2. The van der Waals surface area contributed by atoms with Gasteiger partial charge in [0.1, 0.15) is 0 Å². The molecule has 5 heteroatoms. The van der Waals surface area contributed by atoms with Gasteiger partial charge in [0.2, 0.25) is 0 Å². The number of para-hydroxylation sites is 2. The quantitative estimate of drug-likeness (QED) is 0.176. The van der Waals surface area contributed by atoms with Gasteiger partial charge in [-0.2, -0.15) is 0 Å². The maximum absolute atomic E-state index is 11.8. The number of aliphatic imine (C=N–C) groups is 2. The van der Waals surface area contributed by atoms with Crippen molar-refractivity contribution in [3.63, 3.8) is 0 Å². The summed E-state index contributed by atoms with van der Waals surface area (Å²) in [6.07, 6.45) is 0. The van der Waals surface area contributed by atoms with Gasteiger partial charge in [-0.1, -0.05) is 132 Å². The van der Waals surface area contributed by atoms with Crippen LogP contribution < -0.4 is 10.2 Å². The molecule has 0 amide bonds. The number of rotatable bonds is 2. The fourth-order valence-corrected chi connectivity index (χ4v) is 6.00. The summed E-state index contributed by atoms with van der Waals surface area (Å²) in [5.74, 6) is -0.752. The van der Waals surface area contributed by atoms with Crippen molar-refractivity contribution in [2.24, 2.45) is 9.98 Å². The van der Waals surface area contributed by atoms with E-state index in [-0.39, 0.29) is 33.1 Å². The Bertz CT molecular complexity index is 1880. The average Bonchev–Trinajstić information content (AvgIpc) is 3.27. The normalized spacial score (nSPS) is 14.3. The van der Waals surface area contributed by atoms with Crippen LogP contribution in [0.1, 0.15) is 86.1 Å². The smallest absolute Gasteiger partial charge is 0.873 e. The standard InChI is InChI=1S/C28H24N2.C14H22O2.Ni/c1-17-9-5-10-18(2)25(17)29-27-22-15-7-13-21-14-8-16-23(24(21)22)28(27)30-26-19(3)11-6-12-20(26)4;1-13(2,3)9-7-10(14(4,5)6)12(16)11(15)8-9;/h5-16H,1-4H3;7-8,15-16H,1-6H3;/q;;+2/p-2. The maximum atomic E-state index is 11.8. The molecule has 0 heterocycles. The molecule has 0 bridgehead atoms. The van der Waals surface area contributed by atoms with Gasteiger partial charge in [0.25, 0.3) is 0 Å². The van der Waals surface area contributed by atoms with Gasteiger partial charge in [-0.3, -0.25) is 0 Å². The summed E-state index contributed by atoms with van der Waals surface area (Å²) >= 11 is 0. The zero-order chi connectivity index (χ0) is 33.6. The van der Waals surface area contributed by atoms with Gasteiger partial charge in [0.15, 0.2) is 0 Å². The van der Waals surface area contributed by atoms with Crippen LogP contribution >= 0.6 is 0 Å². The summed E-state index contributed by atoms with van der Waals surface area (Å²) in [5.41, 5.74) is 12.2. The van der Waals surface area contributed by atoms with Gasteiger partial charge in [-0.15, -0.1) is 11.5 Å². The molecule has 0 aliphatic heterocycles. The minimum atomic E-state index is -0.391. The van der Waals surface area contributed by atoms with E-state index in [1.807, 2.05) is 47.6 Å². The van der Waals surface area contributed by atoms with Crippen molar-refractivity contribution >= 4 is 33.6 Å². The summed E-state index contributed by atoms with van der Waals surface area (Å²) in [4.78, 5) is 10.4. The van der Waals surface area contributed by atoms with E-state index in [2.05, 4.69) is 100 Å². The zero-order valence-electron chi connectivity index (χ0n) is 29.1. The molecule has 244 valence electrons. The number of nitrogens with zero attached hydrogens (tertiary/aromatic N) is 2. The van der Waals surface area contributed by atoms with Crippen molar-refractivity contribution in [1.82, 2.24) is 0 Å². The molecule has 5 aromatic carbocycles. The van der Waals surface area contributed by atoms with Crippen LogP contribution in [-0.2, 0) is 27.3 Å². The topological polar surface area (TPSA) is 70.8 Å². The van der Waals surface area contributed by atoms with E-state index in [4.69, 9.17) is 9.98 Å². The van der Waals surface area contributed by atoms with E-state index in [9.17, 15) is 10.2 Å².